The van der Waals surface area contributed by atoms with E-state index < -0.39 is 0 Å². The number of nitrogens with zero attached hydrogens (tertiary/aromatic N) is 1. The molecule has 94 valence electrons. The molecule has 1 aromatic rings. The predicted molar refractivity (Wildman–Crippen MR) is 74.5 cm³/mol. The monoisotopic (exact) mass is 232 g/mol. The van der Waals surface area contributed by atoms with Gasteiger partial charge in [-0.1, -0.05) is 6.07 Å². The van der Waals surface area contributed by atoms with Crippen molar-refractivity contribution >= 4 is 5.69 Å². The lowest BCUT2D eigenvalue weighted by Crippen LogP contribution is -2.36. The van der Waals surface area contributed by atoms with Crippen molar-refractivity contribution in [2.75, 3.05) is 24.5 Å². The summed E-state index contributed by atoms with van der Waals surface area (Å²) in [6, 6.07) is 6.81. The van der Waals surface area contributed by atoms with Crippen LogP contribution in [-0.2, 0) is 0 Å². The molecule has 1 unspecified atom stereocenters. The molecule has 0 aliphatic carbocycles. The molecule has 1 aliphatic heterocycles. The second-order valence-electron chi connectivity index (χ2n) is 5.30. The van der Waals surface area contributed by atoms with E-state index in [1.807, 2.05) is 0 Å². The smallest absolute Gasteiger partial charge is 0.0369 e. The van der Waals surface area contributed by atoms with Crippen molar-refractivity contribution in [3.63, 3.8) is 0 Å². The maximum Gasteiger partial charge on any atom is 0.0369 e. The number of nitrogens with two attached hydrogens (primary N) is 1. The lowest BCUT2D eigenvalue weighted by Gasteiger charge is -2.34. The lowest BCUT2D eigenvalue weighted by molar-refractivity contribution is 0.396. The Morgan fingerprint density at radius 2 is 2.12 bits per heavy atom. The molecule has 1 saturated heterocycles. The molecule has 1 heterocycles. The van der Waals surface area contributed by atoms with Crippen LogP contribution in [0.3, 0.4) is 0 Å². The largest absolute Gasteiger partial charge is 0.371 e. The van der Waals surface area contributed by atoms with Crippen LogP contribution in [0.5, 0.6) is 0 Å². The first-order chi connectivity index (χ1) is 8.20. The molecule has 0 radical (unpaired) electrons. The van der Waals surface area contributed by atoms with Gasteiger partial charge in [-0.15, -0.1) is 0 Å². The number of piperidine rings is 1. The Bertz CT molecular complexity index is 371. The van der Waals surface area contributed by atoms with Crippen molar-refractivity contribution in [3.8, 4) is 0 Å². The Morgan fingerprint density at radius 3 is 2.82 bits per heavy atom. The summed E-state index contributed by atoms with van der Waals surface area (Å²) in [5.74, 6) is 0.787. The summed E-state index contributed by atoms with van der Waals surface area (Å²) in [6.07, 6.45) is 3.82. The molecule has 0 bridgehead atoms. The van der Waals surface area contributed by atoms with Gasteiger partial charge in [-0.2, -0.15) is 0 Å². The molecule has 2 heteroatoms. The van der Waals surface area contributed by atoms with Crippen LogP contribution in [0, 0.1) is 19.8 Å². The van der Waals surface area contributed by atoms with E-state index >= 15 is 0 Å². The Morgan fingerprint density at radius 1 is 1.29 bits per heavy atom. The van der Waals surface area contributed by atoms with Gasteiger partial charge in [0.2, 0.25) is 0 Å². The van der Waals surface area contributed by atoms with E-state index in [1.54, 1.807) is 0 Å². The lowest BCUT2D eigenvalue weighted by atomic mass is 9.94. The number of hydrogen-bond donors (Lipinski definition) is 1. The molecule has 0 saturated carbocycles. The van der Waals surface area contributed by atoms with Gasteiger partial charge in [0.15, 0.2) is 0 Å². The highest BCUT2D eigenvalue weighted by Gasteiger charge is 2.19. The average molecular weight is 232 g/mol. The van der Waals surface area contributed by atoms with Gasteiger partial charge in [0, 0.05) is 18.8 Å². The molecule has 2 rings (SSSR count). The van der Waals surface area contributed by atoms with Crippen LogP contribution in [-0.4, -0.2) is 19.6 Å². The molecule has 1 aromatic carbocycles. The first-order valence-corrected chi connectivity index (χ1v) is 6.73. The zero-order chi connectivity index (χ0) is 12.3. The van der Waals surface area contributed by atoms with Gasteiger partial charge in [-0.3, -0.25) is 0 Å². The van der Waals surface area contributed by atoms with E-state index in [1.165, 1.54) is 49.2 Å². The quantitative estimate of drug-likeness (QED) is 0.868. The second-order valence-corrected chi connectivity index (χ2v) is 5.30. The summed E-state index contributed by atoms with van der Waals surface area (Å²) < 4.78 is 0. The molecule has 1 aliphatic rings. The first kappa shape index (κ1) is 12.4. The predicted octanol–water partition coefficient (Wildman–Crippen LogP) is 2.87. The number of benzene rings is 1. The van der Waals surface area contributed by atoms with Crippen molar-refractivity contribution in [1.82, 2.24) is 0 Å². The van der Waals surface area contributed by atoms with Crippen molar-refractivity contribution in [1.29, 1.82) is 0 Å². The van der Waals surface area contributed by atoms with Gasteiger partial charge >= 0.3 is 0 Å². The molecular formula is C15H24N2. The Labute approximate surface area is 105 Å². The van der Waals surface area contributed by atoms with Gasteiger partial charge in [0.05, 0.1) is 0 Å². The van der Waals surface area contributed by atoms with Crippen LogP contribution in [0.1, 0.15) is 30.4 Å². The van der Waals surface area contributed by atoms with E-state index in [0.29, 0.717) is 0 Å². The molecule has 17 heavy (non-hydrogen) atoms. The fraction of sp³-hybridized carbons (Fsp3) is 0.600. The number of anilines is 1. The minimum atomic E-state index is 0.787. The van der Waals surface area contributed by atoms with E-state index in [9.17, 15) is 0 Å². The van der Waals surface area contributed by atoms with E-state index in [0.717, 1.165) is 12.5 Å². The molecular weight excluding hydrogens is 208 g/mol. The molecule has 2 nitrogen and oxygen atoms in total. The summed E-state index contributed by atoms with van der Waals surface area (Å²) in [7, 11) is 0. The maximum absolute atomic E-state index is 5.67. The Balaban J connectivity index is 2.08. The highest BCUT2D eigenvalue weighted by atomic mass is 15.1. The second kappa shape index (κ2) is 5.54. The minimum absolute atomic E-state index is 0.787. The van der Waals surface area contributed by atoms with Crippen LogP contribution in [0.15, 0.2) is 18.2 Å². The van der Waals surface area contributed by atoms with Crippen LogP contribution < -0.4 is 10.6 Å². The van der Waals surface area contributed by atoms with Gasteiger partial charge in [0.1, 0.15) is 0 Å². The summed E-state index contributed by atoms with van der Waals surface area (Å²) in [5, 5.41) is 0. The van der Waals surface area contributed by atoms with Gasteiger partial charge in [0.25, 0.3) is 0 Å². The standard InChI is InChI=1S/C15H24N2/c1-12-5-6-15(10-13(12)2)17-9-3-4-14(11-17)7-8-16/h5-6,10,14H,3-4,7-9,11,16H2,1-2H3. The molecule has 1 atom stereocenters. The number of hydrogen-bond acceptors (Lipinski definition) is 2. The molecule has 0 aromatic heterocycles. The van der Waals surface area contributed by atoms with Crippen LogP contribution in [0.25, 0.3) is 0 Å². The fourth-order valence-electron chi connectivity index (χ4n) is 2.69. The first-order valence-electron chi connectivity index (χ1n) is 6.73. The van der Waals surface area contributed by atoms with E-state index in [4.69, 9.17) is 5.73 Å². The minimum Gasteiger partial charge on any atom is -0.371 e. The molecule has 2 N–H and O–H groups in total. The highest BCUT2D eigenvalue weighted by Crippen LogP contribution is 2.26. The number of aryl methyl sites for hydroxylation is 2. The maximum atomic E-state index is 5.67. The van der Waals surface area contributed by atoms with Crippen molar-refractivity contribution in [2.24, 2.45) is 11.7 Å². The summed E-state index contributed by atoms with van der Waals surface area (Å²) in [4.78, 5) is 2.52. The van der Waals surface area contributed by atoms with Gasteiger partial charge in [-0.25, -0.2) is 0 Å². The average Bonchev–Trinajstić information content (AvgIpc) is 2.33. The zero-order valence-electron chi connectivity index (χ0n) is 11.1. The van der Waals surface area contributed by atoms with Gasteiger partial charge < -0.3 is 10.6 Å². The third kappa shape index (κ3) is 3.01. The third-order valence-corrected chi connectivity index (χ3v) is 3.95. The normalized spacial score (nSPS) is 20.6. The summed E-state index contributed by atoms with van der Waals surface area (Å²) >= 11 is 0. The fourth-order valence-corrected chi connectivity index (χ4v) is 2.69. The SMILES string of the molecule is Cc1ccc(N2CCCC(CCN)C2)cc1C. The van der Waals surface area contributed by atoms with E-state index in [2.05, 4.69) is 36.9 Å². The van der Waals surface area contributed by atoms with Crippen molar-refractivity contribution < 1.29 is 0 Å². The van der Waals surface area contributed by atoms with Crippen LogP contribution >= 0.6 is 0 Å². The topological polar surface area (TPSA) is 29.3 Å². The zero-order valence-corrected chi connectivity index (χ0v) is 11.1. The Hall–Kier alpha value is -1.02. The van der Waals surface area contributed by atoms with Crippen LogP contribution in [0.2, 0.25) is 0 Å². The Kier molecular flexibility index (Phi) is 4.06. The van der Waals surface area contributed by atoms with Crippen molar-refractivity contribution in [2.45, 2.75) is 33.1 Å². The van der Waals surface area contributed by atoms with E-state index in [-0.39, 0.29) is 0 Å². The molecule has 0 spiro atoms. The summed E-state index contributed by atoms with van der Waals surface area (Å²) in [5.41, 5.74) is 9.82. The number of rotatable bonds is 3. The van der Waals surface area contributed by atoms with Crippen LogP contribution in [0.4, 0.5) is 5.69 Å². The highest BCUT2D eigenvalue weighted by molar-refractivity contribution is 5.50. The molecule has 0 amide bonds. The van der Waals surface area contributed by atoms with Crippen molar-refractivity contribution in [3.05, 3.63) is 29.3 Å². The summed E-state index contributed by atoms with van der Waals surface area (Å²) in [6.45, 7) is 7.57. The van der Waals surface area contributed by atoms with Gasteiger partial charge in [-0.05, 0) is 68.8 Å². The third-order valence-electron chi connectivity index (χ3n) is 3.95. The molecule has 1 fully saturated rings.